The first-order valence-corrected chi connectivity index (χ1v) is 14.0. The van der Waals surface area contributed by atoms with Gasteiger partial charge in [0.25, 0.3) is 0 Å². The van der Waals surface area contributed by atoms with Crippen LogP contribution < -0.4 is 4.74 Å². The van der Waals surface area contributed by atoms with Gasteiger partial charge in [0.05, 0.1) is 36.7 Å². The number of nitrogens with zero attached hydrogens (tertiary/aromatic N) is 3. The Morgan fingerprint density at radius 2 is 1.77 bits per heavy atom. The molecule has 0 aliphatic carbocycles. The van der Waals surface area contributed by atoms with Crippen molar-refractivity contribution in [1.82, 2.24) is 9.97 Å². The second kappa shape index (κ2) is 8.35. The Morgan fingerprint density at radius 1 is 1.00 bits per heavy atom. The lowest BCUT2D eigenvalue weighted by atomic mass is 9.71. The van der Waals surface area contributed by atoms with Crippen molar-refractivity contribution in [1.29, 1.82) is 0 Å². The number of rotatable bonds is 5. The highest BCUT2D eigenvalue weighted by atomic mass is 16.6. The number of aromatic nitrogens is 2. The molecule has 0 saturated carbocycles. The Bertz CT molecular complexity index is 1730. The number of fused-ring (bicyclic) bond motifs is 5. The van der Waals surface area contributed by atoms with E-state index in [0.717, 1.165) is 58.2 Å². The molecule has 4 aliphatic rings. The van der Waals surface area contributed by atoms with Crippen LogP contribution in [0.4, 0.5) is 0 Å². The Hall–Kier alpha value is -3.80. The molecule has 9 rings (SSSR count). The molecule has 3 aromatic carbocycles. The van der Waals surface area contributed by atoms with Crippen LogP contribution in [0.2, 0.25) is 0 Å². The van der Waals surface area contributed by atoms with Crippen LogP contribution in [0, 0.1) is 11.8 Å². The number of epoxide rings is 1. The minimum Gasteiger partial charge on any atom is -0.497 e. The van der Waals surface area contributed by atoms with Gasteiger partial charge in [-0.05, 0) is 42.3 Å². The summed E-state index contributed by atoms with van der Waals surface area (Å²) in [5.41, 5.74) is 5.47. The van der Waals surface area contributed by atoms with E-state index in [9.17, 15) is 0 Å². The minimum absolute atomic E-state index is 0.0306. The zero-order valence-corrected chi connectivity index (χ0v) is 22.2. The third-order valence-electron chi connectivity index (χ3n) is 9.85. The number of ether oxygens (including phenoxy) is 2. The molecule has 6 heterocycles. The van der Waals surface area contributed by atoms with Crippen molar-refractivity contribution < 1.29 is 14.0 Å². The molecule has 0 N–H and O–H groups in total. The molecule has 4 fully saturated rings. The quantitative estimate of drug-likeness (QED) is 0.110. The third-order valence-corrected chi connectivity index (χ3v) is 9.85. The van der Waals surface area contributed by atoms with Gasteiger partial charge in [0.1, 0.15) is 12.3 Å². The van der Waals surface area contributed by atoms with E-state index in [4.69, 9.17) is 14.5 Å². The summed E-state index contributed by atoms with van der Waals surface area (Å²) in [5, 5.41) is 3.62. The zero-order chi connectivity index (χ0) is 26.2. The van der Waals surface area contributed by atoms with E-state index < -0.39 is 0 Å². The van der Waals surface area contributed by atoms with Gasteiger partial charge in [-0.3, -0.25) is 9.47 Å². The first-order valence-electron chi connectivity index (χ1n) is 14.0. The van der Waals surface area contributed by atoms with Gasteiger partial charge in [-0.2, -0.15) is 0 Å². The molecular formula is C34H32N3O2+. The molecule has 5 nitrogen and oxygen atoms in total. The largest absolute Gasteiger partial charge is 0.497 e. The molecular weight excluding hydrogens is 482 g/mol. The minimum atomic E-state index is -0.245. The van der Waals surface area contributed by atoms with Gasteiger partial charge in [-0.15, -0.1) is 6.58 Å². The van der Waals surface area contributed by atoms with Crippen molar-refractivity contribution in [2.75, 3.05) is 20.2 Å². The monoisotopic (exact) mass is 514 g/mol. The number of benzene rings is 3. The van der Waals surface area contributed by atoms with Crippen molar-refractivity contribution in [3.05, 3.63) is 103 Å². The molecule has 4 aliphatic heterocycles. The maximum atomic E-state index is 6.99. The Balaban J connectivity index is 1.30. The summed E-state index contributed by atoms with van der Waals surface area (Å²) in [4.78, 5) is 9.66. The topological polar surface area (TPSA) is 47.5 Å². The van der Waals surface area contributed by atoms with Gasteiger partial charge in [0.15, 0.2) is 6.10 Å². The standard InChI is InChI=1S/C34H32N3O2/c1-3-22-20-37(21-29-25-8-4-6-10-31(25)36-32-11-7-5-9-26(29)32)17-15-23(22)19-34(37)33(39-34)27-14-16-35-30-13-12-24(38-2)18-28(27)30/h3-14,16,18,22-23,33H,1,15,17,19-21H2,2H3/q+1/t22?,23?,33-,34-,37?/m1/s1. The molecule has 0 amide bonds. The van der Waals surface area contributed by atoms with Crippen LogP contribution in [0.25, 0.3) is 32.7 Å². The number of quaternary nitrogens is 1. The van der Waals surface area contributed by atoms with Crippen molar-refractivity contribution in [3.63, 3.8) is 0 Å². The summed E-state index contributed by atoms with van der Waals surface area (Å²) in [5.74, 6) is 1.96. The normalized spacial score (nSPS) is 29.3. The molecule has 2 aromatic heterocycles. The fraction of sp³-hybridized carbons (Fsp3) is 0.294. The van der Waals surface area contributed by atoms with Crippen LogP contribution in [-0.4, -0.2) is 40.4 Å². The van der Waals surface area contributed by atoms with E-state index in [1.165, 1.54) is 28.3 Å². The lowest BCUT2D eigenvalue weighted by Crippen LogP contribution is -2.68. The zero-order valence-electron chi connectivity index (χ0n) is 22.2. The SMILES string of the molecule is C=CC1C[N+]2(Cc3c4ccccc4nc4ccccc34)CCC1C[C@]21O[C@@H]1c1ccnc2ccc(OC)cc12. The first kappa shape index (κ1) is 23.1. The van der Waals surface area contributed by atoms with E-state index in [-0.39, 0.29) is 11.8 Å². The molecule has 0 radical (unpaired) electrons. The molecule has 39 heavy (non-hydrogen) atoms. The van der Waals surface area contributed by atoms with E-state index >= 15 is 0 Å². The smallest absolute Gasteiger partial charge is 0.236 e. The Labute approximate surface area is 228 Å². The van der Waals surface area contributed by atoms with Crippen molar-refractivity contribution in [2.45, 2.75) is 31.2 Å². The van der Waals surface area contributed by atoms with Gasteiger partial charge >= 0.3 is 0 Å². The molecule has 2 bridgehead atoms. The van der Waals surface area contributed by atoms with Crippen LogP contribution in [0.5, 0.6) is 5.75 Å². The Kier molecular flexibility index (Phi) is 4.95. The van der Waals surface area contributed by atoms with Crippen molar-refractivity contribution in [3.8, 4) is 5.75 Å². The number of para-hydroxylation sites is 2. The molecule has 5 aromatic rings. The third kappa shape index (κ3) is 3.27. The van der Waals surface area contributed by atoms with Gasteiger partial charge in [0, 0.05) is 52.2 Å². The molecule has 4 saturated heterocycles. The van der Waals surface area contributed by atoms with Crippen molar-refractivity contribution >= 4 is 32.7 Å². The second-order valence-corrected chi connectivity index (χ2v) is 11.6. The van der Waals surface area contributed by atoms with Crippen LogP contribution in [0.15, 0.2) is 91.6 Å². The van der Waals surface area contributed by atoms with E-state index in [2.05, 4.69) is 78.3 Å². The van der Waals surface area contributed by atoms with Gasteiger partial charge in [-0.1, -0.05) is 42.5 Å². The summed E-state index contributed by atoms with van der Waals surface area (Å²) in [7, 11) is 1.72. The molecule has 5 heteroatoms. The van der Waals surface area contributed by atoms with Crippen molar-refractivity contribution in [2.24, 2.45) is 11.8 Å². The number of methoxy groups -OCH3 is 1. The molecule has 3 unspecified atom stereocenters. The van der Waals surface area contributed by atoms with Crippen LogP contribution >= 0.6 is 0 Å². The number of piperidine rings is 3. The maximum Gasteiger partial charge on any atom is 0.236 e. The van der Waals surface area contributed by atoms with Gasteiger partial charge in [0.2, 0.25) is 5.72 Å². The number of hydrogen-bond acceptors (Lipinski definition) is 4. The van der Waals surface area contributed by atoms with Gasteiger partial charge < -0.3 is 9.47 Å². The summed E-state index contributed by atoms with van der Waals surface area (Å²) in [6, 6.07) is 25.5. The first-order chi connectivity index (χ1) is 19.1. The summed E-state index contributed by atoms with van der Waals surface area (Å²) < 4.78 is 13.5. The summed E-state index contributed by atoms with van der Waals surface area (Å²) in [6.45, 7) is 7.36. The number of hydrogen-bond donors (Lipinski definition) is 0. The fourth-order valence-corrected chi connectivity index (χ4v) is 7.88. The average Bonchev–Trinajstić information content (AvgIpc) is 3.70. The van der Waals surface area contributed by atoms with E-state index in [1.54, 1.807) is 7.11 Å². The highest BCUT2D eigenvalue weighted by molar-refractivity contribution is 5.97. The predicted molar refractivity (Wildman–Crippen MR) is 154 cm³/mol. The second-order valence-electron chi connectivity index (χ2n) is 11.6. The average molecular weight is 515 g/mol. The van der Waals surface area contributed by atoms with E-state index in [0.29, 0.717) is 11.8 Å². The fourth-order valence-electron chi connectivity index (χ4n) is 7.88. The number of pyridine rings is 2. The highest BCUT2D eigenvalue weighted by Crippen LogP contribution is 2.66. The predicted octanol–water partition coefficient (Wildman–Crippen LogP) is 6.96. The van der Waals surface area contributed by atoms with Gasteiger partial charge in [-0.25, -0.2) is 4.98 Å². The van der Waals surface area contributed by atoms with Crippen LogP contribution in [0.3, 0.4) is 0 Å². The lowest BCUT2D eigenvalue weighted by molar-refractivity contribution is -1.00. The lowest BCUT2D eigenvalue weighted by Gasteiger charge is -2.56. The molecule has 194 valence electrons. The molecule has 1 spiro atoms. The van der Waals surface area contributed by atoms with Crippen LogP contribution in [-0.2, 0) is 11.3 Å². The van der Waals surface area contributed by atoms with E-state index in [1.807, 2.05) is 18.3 Å². The maximum absolute atomic E-state index is 6.99. The summed E-state index contributed by atoms with van der Waals surface area (Å²) in [6.07, 6.45) is 6.43. The molecule has 5 atom stereocenters. The summed E-state index contributed by atoms with van der Waals surface area (Å²) >= 11 is 0. The highest BCUT2D eigenvalue weighted by Gasteiger charge is 2.76. The Morgan fingerprint density at radius 3 is 2.51 bits per heavy atom. The van der Waals surface area contributed by atoms with Crippen LogP contribution in [0.1, 0.15) is 30.1 Å².